The average molecular weight is 241 g/mol. The number of ether oxygens (including phenoxy) is 1. The number of hydrogen-bond donors (Lipinski definition) is 1. The fourth-order valence-electron chi connectivity index (χ4n) is 2.19. The average Bonchev–Trinajstić information content (AvgIpc) is 2.78. The second-order valence-electron chi connectivity index (χ2n) is 4.58. The van der Waals surface area contributed by atoms with E-state index in [1.807, 2.05) is 0 Å². The number of nitrogens with two attached hydrogens (primary N) is 1. The first-order chi connectivity index (χ1) is 8.09. The summed E-state index contributed by atoms with van der Waals surface area (Å²) < 4.78 is 32.5. The van der Waals surface area contributed by atoms with E-state index < -0.39 is 17.7 Å². The van der Waals surface area contributed by atoms with Crippen LogP contribution in [0.3, 0.4) is 0 Å². The largest absolute Gasteiger partial charge is 0.378 e. The van der Waals surface area contributed by atoms with E-state index in [1.54, 1.807) is 12.1 Å². The molecule has 2 rings (SSSR count). The van der Waals surface area contributed by atoms with Gasteiger partial charge in [0.25, 0.3) is 0 Å². The van der Waals surface area contributed by atoms with Crippen molar-refractivity contribution in [1.29, 1.82) is 0 Å². The van der Waals surface area contributed by atoms with Gasteiger partial charge >= 0.3 is 0 Å². The van der Waals surface area contributed by atoms with Gasteiger partial charge in [0, 0.05) is 18.2 Å². The van der Waals surface area contributed by atoms with Crippen LogP contribution in [-0.4, -0.2) is 12.7 Å². The molecule has 17 heavy (non-hydrogen) atoms. The van der Waals surface area contributed by atoms with E-state index in [2.05, 4.69) is 0 Å². The molecule has 2 N–H and O–H groups in total. The lowest BCUT2D eigenvalue weighted by molar-refractivity contribution is 0.0980. The van der Waals surface area contributed by atoms with E-state index in [-0.39, 0.29) is 11.7 Å². The van der Waals surface area contributed by atoms with Crippen LogP contribution in [0, 0.1) is 18.6 Å². The van der Waals surface area contributed by atoms with Gasteiger partial charge < -0.3 is 10.5 Å². The zero-order valence-electron chi connectivity index (χ0n) is 9.88. The normalized spacial score (nSPS) is 21.8. The highest BCUT2D eigenvalue weighted by molar-refractivity contribution is 5.27. The van der Waals surface area contributed by atoms with Crippen LogP contribution in [0.25, 0.3) is 0 Å². The molecule has 0 aliphatic carbocycles. The number of aryl methyl sites for hydroxylation is 1. The van der Waals surface area contributed by atoms with Crippen molar-refractivity contribution in [3.8, 4) is 0 Å². The zero-order valence-corrected chi connectivity index (χ0v) is 9.88. The molecule has 1 fully saturated rings. The maximum atomic E-state index is 13.7. The van der Waals surface area contributed by atoms with Crippen molar-refractivity contribution >= 4 is 0 Å². The van der Waals surface area contributed by atoms with Gasteiger partial charge in [-0.2, -0.15) is 0 Å². The second kappa shape index (κ2) is 5.10. The van der Waals surface area contributed by atoms with Crippen LogP contribution < -0.4 is 5.73 Å². The van der Waals surface area contributed by atoms with Crippen molar-refractivity contribution < 1.29 is 13.5 Å². The summed E-state index contributed by atoms with van der Waals surface area (Å²) in [5.41, 5.74) is 6.45. The Morgan fingerprint density at radius 1 is 1.41 bits per heavy atom. The molecule has 1 saturated heterocycles. The molecule has 0 radical (unpaired) electrons. The van der Waals surface area contributed by atoms with Gasteiger partial charge in [0.05, 0.1) is 6.10 Å². The van der Waals surface area contributed by atoms with Gasteiger partial charge in [0.15, 0.2) is 11.6 Å². The molecule has 0 amide bonds. The van der Waals surface area contributed by atoms with Crippen LogP contribution in [0.5, 0.6) is 0 Å². The van der Waals surface area contributed by atoms with E-state index in [0.717, 1.165) is 19.4 Å². The molecule has 1 aliphatic heterocycles. The Balaban J connectivity index is 2.13. The van der Waals surface area contributed by atoms with Gasteiger partial charge in [-0.3, -0.25) is 0 Å². The van der Waals surface area contributed by atoms with Crippen molar-refractivity contribution in [2.75, 3.05) is 6.61 Å². The Bertz CT molecular complexity index is 403. The van der Waals surface area contributed by atoms with E-state index >= 15 is 0 Å². The van der Waals surface area contributed by atoms with Crippen LogP contribution in [0.1, 0.15) is 36.4 Å². The summed E-state index contributed by atoms with van der Waals surface area (Å²) in [6, 6.07) is 2.62. The van der Waals surface area contributed by atoms with Crippen molar-refractivity contribution in [2.45, 2.75) is 38.3 Å². The van der Waals surface area contributed by atoms with Crippen molar-refractivity contribution in [3.05, 3.63) is 34.9 Å². The number of halogens is 2. The minimum absolute atomic E-state index is 0.0776. The molecule has 1 aromatic rings. The van der Waals surface area contributed by atoms with E-state index in [4.69, 9.17) is 10.5 Å². The number of benzene rings is 1. The smallest absolute Gasteiger partial charge is 0.163 e. The molecule has 4 heteroatoms. The van der Waals surface area contributed by atoms with Crippen LogP contribution in [0.2, 0.25) is 0 Å². The first kappa shape index (κ1) is 12.5. The molecule has 1 aromatic carbocycles. The van der Waals surface area contributed by atoms with Gasteiger partial charge in [0.1, 0.15) is 0 Å². The zero-order chi connectivity index (χ0) is 12.4. The fourth-order valence-corrected chi connectivity index (χ4v) is 2.19. The summed E-state index contributed by atoms with van der Waals surface area (Å²) in [6.45, 7) is 2.27. The molecule has 0 spiro atoms. The molecule has 1 aliphatic rings. The van der Waals surface area contributed by atoms with Crippen molar-refractivity contribution in [3.63, 3.8) is 0 Å². The summed E-state index contributed by atoms with van der Waals surface area (Å²) in [7, 11) is 0. The fraction of sp³-hybridized carbons (Fsp3) is 0.538. The molecule has 2 unspecified atom stereocenters. The Hall–Kier alpha value is -1.00. The SMILES string of the molecule is Cc1ccc(C(N)CC2CCCO2)c(F)c1F. The summed E-state index contributed by atoms with van der Waals surface area (Å²) in [5, 5.41) is 0. The van der Waals surface area contributed by atoms with Crippen LogP contribution in [0.4, 0.5) is 8.78 Å². The van der Waals surface area contributed by atoms with Gasteiger partial charge in [-0.05, 0) is 31.7 Å². The second-order valence-corrected chi connectivity index (χ2v) is 4.58. The summed E-state index contributed by atoms with van der Waals surface area (Å²) in [6.07, 6.45) is 2.58. The highest BCUT2D eigenvalue weighted by Crippen LogP contribution is 2.26. The summed E-state index contributed by atoms with van der Waals surface area (Å²) in [4.78, 5) is 0. The van der Waals surface area contributed by atoms with Crippen molar-refractivity contribution in [1.82, 2.24) is 0 Å². The standard InChI is InChI=1S/C13H17F2NO/c1-8-4-5-10(13(15)12(8)14)11(16)7-9-3-2-6-17-9/h4-5,9,11H,2-3,6-7,16H2,1H3. The minimum atomic E-state index is -0.824. The minimum Gasteiger partial charge on any atom is -0.378 e. The molecular formula is C13H17F2NO. The monoisotopic (exact) mass is 241 g/mol. The third kappa shape index (κ3) is 2.64. The molecule has 2 nitrogen and oxygen atoms in total. The molecule has 2 atom stereocenters. The van der Waals surface area contributed by atoms with Gasteiger partial charge in [-0.1, -0.05) is 12.1 Å². The van der Waals surface area contributed by atoms with Gasteiger partial charge in [-0.15, -0.1) is 0 Å². The number of rotatable bonds is 3. The lowest BCUT2D eigenvalue weighted by atomic mass is 9.98. The Morgan fingerprint density at radius 3 is 2.82 bits per heavy atom. The highest BCUT2D eigenvalue weighted by atomic mass is 19.2. The van der Waals surface area contributed by atoms with Crippen LogP contribution >= 0.6 is 0 Å². The first-order valence-corrected chi connectivity index (χ1v) is 5.91. The first-order valence-electron chi connectivity index (χ1n) is 5.91. The molecule has 94 valence electrons. The third-order valence-electron chi connectivity index (χ3n) is 3.25. The molecule has 0 aromatic heterocycles. The maximum Gasteiger partial charge on any atom is 0.163 e. The quantitative estimate of drug-likeness (QED) is 0.883. The molecule has 1 heterocycles. The maximum absolute atomic E-state index is 13.7. The Labute approximate surface area is 99.8 Å². The highest BCUT2D eigenvalue weighted by Gasteiger charge is 2.22. The Kier molecular flexibility index (Phi) is 3.74. The lowest BCUT2D eigenvalue weighted by Crippen LogP contribution is -2.20. The topological polar surface area (TPSA) is 35.2 Å². The predicted octanol–water partition coefficient (Wildman–Crippen LogP) is 2.84. The molecule has 0 bridgehead atoms. The van der Waals surface area contributed by atoms with Gasteiger partial charge in [-0.25, -0.2) is 8.78 Å². The van der Waals surface area contributed by atoms with Crippen molar-refractivity contribution in [2.24, 2.45) is 5.73 Å². The van der Waals surface area contributed by atoms with Gasteiger partial charge in [0.2, 0.25) is 0 Å². The van der Waals surface area contributed by atoms with E-state index in [0.29, 0.717) is 12.0 Å². The van der Waals surface area contributed by atoms with Crippen LogP contribution in [0.15, 0.2) is 12.1 Å². The van der Waals surface area contributed by atoms with E-state index in [1.165, 1.54) is 6.92 Å². The third-order valence-corrected chi connectivity index (χ3v) is 3.25. The summed E-state index contributed by atoms with van der Waals surface area (Å²) >= 11 is 0. The predicted molar refractivity (Wildman–Crippen MR) is 61.6 cm³/mol. The lowest BCUT2D eigenvalue weighted by Gasteiger charge is -2.17. The number of hydrogen-bond acceptors (Lipinski definition) is 2. The summed E-state index contributed by atoms with van der Waals surface area (Å²) in [5.74, 6) is -1.62. The molecular weight excluding hydrogens is 224 g/mol. The van der Waals surface area contributed by atoms with Crippen LogP contribution in [-0.2, 0) is 4.74 Å². The van der Waals surface area contributed by atoms with E-state index in [9.17, 15) is 8.78 Å². The molecule has 0 saturated carbocycles. The Morgan fingerprint density at radius 2 is 2.18 bits per heavy atom.